The molecule has 2 nitrogen and oxygen atoms in total. The largest absolute Gasteiger partial charge is 0.493 e. The standard InChI is InChI=1S/C16H15ClO2/c1-3-7-12-8-6-11-15(16(12)18-2)19-14-10-5-4-9-13(14)17/h3-6,8-11H,1,7H2,2H3. The monoisotopic (exact) mass is 274 g/mol. The molecule has 0 aromatic heterocycles. The summed E-state index contributed by atoms with van der Waals surface area (Å²) in [6, 6.07) is 13.1. The zero-order chi connectivity index (χ0) is 13.7. The Kier molecular flexibility index (Phi) is 4.48. The number of halogens is 1. The van der Waals surface area contributed by atoms with Gasteiger partial charge in [0.2, 0.25) is 0 Å². The van der Waals surface area contributed by atoms with E-state index < -0.39 is 0 Å². The fourth-order valence-corrected chi connectivity index (χ4v) is 2.01. The van der Waals surface area contributed by atoms with Gasteiger partial charge in [-0.25, -0.2) is 0 Å². The van der Waals surface area contributed by atoms with Crippen LogP contribution in [0, 0.1) is 0 Å². The molecule has 2 rings (SSSR count). The van der Waals surface area contributed by atoms with Gasteiger partial charge in [-0.2, -0.15) is 0 Å². The molecule has 0 aliphatic heterocycles. The van der Waals surface area contributed by atoms with E-state index in [1.54, 1.807) is 13.2 Å². The maximum Gasteiger partial charge on any atom is 0.169 e. The maximum atomic E-state index is 6.09. The number of hydrogen-bond acceptors (Lipinski definition) is 2. The van der Waals surface area contributed by atoms with E-state index in [0.717, 1.165) is 12.0 Å². The molecular formula is C16H15ClO2. The van der Waals surface area contributed by atoms with Crippen LogP contribution >= 0.6 is 11.6 Å². The molecule has 2 aromatic carbocycles. The molecule has 0 aliphatic carbocycles. The van der Waals surface area contributed by atoms with Crippen LogP contribution in [0.1, 0.15) is 5.56 Å². The van der Waals surface area contributed by atoms with Gasteiger partial charge < -0.3 is 9.47 Å². The first-order chi connectivity index (χ1) is 9.26. The van der Waals surface area contributed by atoms with E-state index in [2.05, 4.69) is 6.58 Å². The van der Waals surface area contributed by atoms with Crippen LogP contribution in [0.15, 0.2) is 55.1 Å². The van der Waals surface area contributed by atoms with Gasteiger partial charge >= 0.3 is 0 Å². The van der Waals surface area contributed by atoms with Crippen molar-refractivity contribution in [2.24, 2.45) is 0 Å². The minimum Gasteiger partial charge on any atom is -0.493 e. The predicted octanol–water partition coefficient (Wildman–Crippen LogP) is 4.87. The first kappa shape index (κ1) is 13.5. The second-order valence-electron chi connectivity index (χ2n) is 3.97. The predicted molar refractivity (Wildman–Crippen MR) is 78.4 cm³/mol. The molecule has 3 heteroatoms. The third-order valence-electron chi connectivity index (χ3n) is 2.69. The second kappa shape index (κ2) is 6.30. The third kappa shape index (κ3) is 3.09. The summed E-state index contributed by atoms with van der Waals surface area (Å²) in [7, 11) is 1.63. The fourth-order valence-electron chi connectivity index (χ4n) is 1.84. The molecule has 0 fully saturated rings. The number of para-hydroxylation sites is 2. The molecule has 0 radical (unpaired) electrons. The van der Waals surface area contributed by atoms with Crippen molar-refractivity contribution in [1.82, 2.24) is 0 Å². The van der Waals surface area contributed by atoms with Crippen LogP contribution in [0.4, 0.5) is 0 Å². The van der Waals surface area contributed by atoms with E-state index in [9.17, 15) is 0 Å². The fraction of sp³-hybridized carbons (Fsp3) is 0.125. The highest BCUT2D eigenvalue weighted by Crippen LogP contribution is 2.37. The quantitative estimate of drug-likeness (QED) is 0.724. The van der Waals surface area contributed by atoms with Crippen molar-refractivity contribution in [2.75, 3.05) is 7.11 Å². The first-order valence-electron chi connectivity index (χ1n) is 5.95. The van der Waals surface area contributed by atoms with Gasteiger partial charge in [0.05, 0.1) is 12.1 Å². The minimum atomic E-state index is 0.568. The van der Waals surface area contributed by atoms with Gasteiger partial charge in [-0.05, 0) is 24.6 Å². The van der Waals surface area contributed by atoms with Crippen molar-refractivity contribution in [3.63, 3.8) is 0 Å². The minimum absolute atomic E-state index is 0.568. The summed E-state index contributed by atoms with van der Waals surface area (Å²) in [4.78, 5) is 0. The Morgan fingerprint density at radius 1 is 1.11 bits per heavy atom. The van der Waals surface area contributed by atoms with Crippen LogP contribution in [-0.4, -0.2) is 7.11 Å². The van der Waals surface area contributed by atoms with Crippen molar-refractivity contribution in [2.45, 2.75) is 6.42 Å². The lowest BCUT2D eigenvalue weighted by Gasteiger charge is -2.14. The van der Waals surface area contributed by atoms with Gasteiger partial charge in [-0.1, -0.05) is 41.9 Å². The molecule has 0 atom stereocenters. The summed E-state index contributed by atoms with van der Waals surface area (Å²) in [5.41, 5.74) is 1.03. The van der Waals surface area contributed by atoms with Gasteiger partial charge in [0.1, 0.15) is 5.75 Å². The SMILES string of the molecule is C=CCc1cccc(Oc2ccccc2Cl)c1OC. The summed E-state index contributed by atoms with van der Waals surface area (Å²) in [6.45, 7) is 3.74. The number of ether oxygens (including phenoxy) is 2. The molecule has 2 aromatic rings. The first-order valence-corrected chi connectivity index (χ1v) is 6.33. The molecule has 0 N–H and O–H groups in total. The van der Waals surface area contributed by atoms with Gasteiger partial charge in [0.15, 0.2) is 11.5 Å². The molecule has 0 saturated heterocycles. The summed E-state index contributed by atoms with van der Waals surface area (Å²) >= 11 is 6.09. The molecule has 0 saturated carbocycles. The second-order valence-corrected chi connectivity index (χ2v) is 4.38. The highest BCUT2D eigenvalue weighted by molar-refractivity contribution is 6.32. The van der Waals surface area contributed by atoms with E-state index in [-0.39, 0.29) is 0 Å². The van der Waals surface area contributed by atoms with Gasteiger partial charge in [0.25, 0.3) is 0 Å². The molecule has 0 heterocycles. The van der Waals surface area contributed by atoms with Crippen LogP contribution < -0.4 is 9.47 Å². The van der Waals surface area contributed by atoms with Crippen molar-refractivity contribution >= 4 is 11.6 Å². The van der Waals surface area contributed by atoms with Crippen molar-refractivity contribution in [3.05, 3.63) is 65.7 Å². The van der Waals surface area contributed by atoms with Crippen LogP contribution in [0.25, 0.3) is 0 Å². The van der Waals surface area contributed by atoms with Crippen molar-refractivity contribution in [3.8, 4) is 17.2 Å². The molecule has 0 aliphatic rings. The van der Waals surface area contributed by atoms with Crippen LogP contribution in [-0.2, 0) is 6.42 Å². The van der Waals surface area contributed by atoms with E-state index >= 15 is 0 Å². The van der Waals surface area contributed by atoms with E-state index in [1.165, 1.54) is 0 Å². The van der Waals surface area contributed by atoms with Gasteiger partial charge in [-0.15, -0.1) is 6.58 Å². The summed E-state index contributed by atoms with van der Waals surface area (Å²) in [5.74, 6) is 1.97. The summed E-state index contributed by atoms with van der Waals surface area (Å²) in [5, 5.41) is 0.568. The molecule has 0 bridgehead atoms. The average molecular weight is 275 g/mol. The zero-order valence-electron chi connectivity index (χ0n) is 10.7. The number of methoxy groups -OCH3 is 1. The van der Waals surface area contributed by atoms with Gasteiger partial charge in [-0.3, -0.25) is 0 Å². The number of benzene rings is 2. The average Bonchev–Trinajstić information content (AvgIpc) is 2.42. The van der Waals surface area contributed by atoms with Crippen LogP contribution in [0.2, 0.25) is 5.02 Å². The Morgan fingerprint density at radius 3 is 2.53 bits per heavy atom. The van der Waals surface area contributed by atoms with Crippen molar-refractivity contribution < 1.29 is 9.47 Å². The number of allylic oxidation sites excluding steroid dienone is 1. The maximum absolute atomic E-state index is 6.09. The topological polar surface area (TPSA) is 18.5 Å². The molecule has 98 valence electrons. The zero-order valence-corrected chi connectivity index (χ0v) is 11.5. The molecule has 19 heavy (non-hydrogen) atoms. The highest BCUT2D eigenvalue weighted by atomic mass is 35.5. The Hall–Kier alpha value is -1.93. The van der Waals surface area contributed by atoms with E-state index in [0.29, 0.717) is 22.3 Å². The van der Waals surface area contributed by atoms with Crippen LogP contribution in [0.5, 0.6) is 17.2 Å². The number of hydrogen-bond donors (Lipinski definition) is 0. The lowest BCUT2D eigenvalue weighted by molar-refractivity contribution is 0.375. The lowest BCUT2D eigenvalue weighted by atomic mass is 10.1. The van der Waals surface area contributed by atoms with E-state index in [4.69, 9.17) is 21.1 Å². The highest BCUT2D eigenvalue weighted by Gasteiger charge is 2.11. The Labute approximate surface area is 118 Å². The molecule has 0 spiro atoms. The summed E-state index contributed by atoms with van der Waals surface area (Å²) in [6.07, 6.45) is 2.56. The normalized spacial score (nSPS) is 10.0. The summed E-state index contributed by atoms with van der Waals surface area (Å²) < 4.78 is 11.3. The molecular weight excluding hydrogens is 260 g/mol. The molecule has 0 amide bonds. The Balaban J connectivity index is 2.37. The Morgan fingerprint density at radius 2 is 1.84 bits per heavy atom. The smallest absolute Gasteiger partial charge is 0.169 e. The lowest BCUT2D eigenvalue weighted by Crippen LogP contribution is -1.95. The third-order valence-corrected chi connectivity index (χ3v) is 3.00. The van der Waals surface area contributed by atoms with E-state index in [1.807, 2.05) is 42.5 Å². The Bertz CT molecular complexity index is 579. The van der Waals surface area contributed by atoms with Gasteiger partial charge in [0, 0.05) is 5.56 Å². The number of rotatable bonds is 5. The van der Waals surface area contributed by atoms with Crippen LogP contribution in [0.3, 0.4) is 0 Å². The van der Waals surface area contributed by atoms with Crippen molar-refractivity contribution in [1.29, 1.82) is 0 Å². The molecule has 0 unspecified atom stereocenters.